The van der Waals surface area contributed by atoms with Gasteiger partial charge in [-0.2, -0.15) is 47.4 Å². The monoisotopic (exact) mass is 1940 g/mol. The number of alkyl halides is 6. The number of nitrogens with zero attached hydrogens (tertiary/aromatic N) is 16. The summed E-state index contributed by atoms with van der Waals surface area (Å²) >= 11 is 0. The topological polar surface area (TPSA) is 225 Å². The van der Waals surface area contributed by atoms with Crippen LogP contribution in [0.25, 0.3) is 128 Å². The van der Waals surface area contributed by atoms with Crippen LogP contribution in [0.2, 0.25) is 0 Å². The van der Waals surface area contributed by atoms with Crippen molar-refractivity contribution < 1.29 is 119 Å². The van der Waals surface area contributed by atoms with Crippen LogP contribution in [-0.4, -0.2) is 0 Å². The highest BCUT2D eigenvalue weighted by Gasteiger charge is 2.38. The molecule has 686 valence electrons. The van der Waals surface area contributed by atoms with E-state index in [9.17, 15) is 140 Å². The second-order valence-electron chi connectivity index (χ2n) is 27.1. The van der Waals surface area contributed by atoms with Crippen molar-refractivity contribution in [2.24, 2.45) is 0 Å². The molecule has 0 fully saturated rings. The van der Waals surface area contributed by atoms with Crippen molar-refractivity contribution in [3.63, 3.8) is 0 Å². The zero-order valence-corrected chi connectivity index (χ0v) is 68.3. The number of nitriles is 8. The lowest BCUT2D eigenvalue weighted by Crippen LogP contribution is -2.19. The number of rotatable bonds is 8. The molecule has 43 heteroatoms. The minimum absolute atomic E-state index is 0.0278. The van der Waals surface area contributed by atoms with E-state index < -0.39 is 274 Å². The van der Waals surface area contributed by atoms with Crippen molar-refractivity contribution in [3.8, 4) is 93.1 Å². The summed E-state index contributed by atoms with van der Waals surface area (Å²) in [5.41, 5.74) is -23.5. The molecule has 0 aliphatic heterocycles. The molecule has 0 radical (unpaired) electrons. The van der Waals surface area contributed by atoms with Crippen LogP contribution in [0, 0.1) is 265 Å². The fraction of sp³-hybridized carbons (Fsp3) is 0.0204. The molecule has 16 nitrogen and oxygen atoms in total. The molecule has 0 aliphatic rings. The quantitative estimate of drug-likeness (QED) is 0.0614. The van der Waals surface area contributed by atoms with Crippen LogP contribution in [0.3, 0.4) is 0 Å². The average Bonchev–Trinajstić information content (AvgIpc) is 0.775. The first-order valence-corrected chi connectivity index (χ1v) is 37.0. The van der Waals surface area contributed by atoms with E-state index in [1.54, 1.807) is 24.3 Å². The Morgan fingerprint density at radius 1 is 0.227 bits per heavy atom. The number of hydrogen-bond donors (Lipinski definition) is 0. The van der Waals surface area contributed by atoms with Crippen LogP contribution in [0.15, 0.2) is 152 Å². The van der Waals surface area contributed by atoms with Gasteiger partial charge in [0.25, 0.3) is 45.5 Å². The second kappa shape index (κ2) is 43.1. The summed E-state index contributed by atoms with van der Waals surface area (Å²) in [6.07, 6.45) is -9.74. The molecule has 0 heterocycles. The van der Waals surface area contributed by atoms with Gasteiger partial charge in [-0.3, -0.25) is 0 Å². The van der Waals surface area contributed by atoms with Crippen LogP contribution in [0.5, 0.6) is 0 Å². The fourth-order valence-corrected chi connectivity index (χ4v) is 13.2. The Balaban J connectivity index is 0.000000210. The molecule has 0 bridgehead atoms. The largest absolute Gasteiger partial charge is 0.417 e. The van der Waals surface area contributed by atoms with Crippen LogP contribution < -0.4 is 41.7 Å². The van der Waals surface area contributed by atoms with Crippen molar-refractivity contribution >= 4 is 67.8 Å². The molecule has 0 N–H and O–H groups in total. The molecule has 12 rings (SSSR count). The SMILES string of the molecule is [C-]#[N+]/C(C#N)=c1\cc/c(=C(/C#N)c2c(F)c(F)c([N+]#[C-])c(F)c2F)c(-c2cc(F)c(F)c(F)c2)c1.[C-]#[N+]/C(C#N)=c1\cc/c(=C(/C#N)c2c(F)c(F)c([N+]#[C-])c(F)c2F)c(-c2ccc(F)c(F)c2)c1.[C-]#[N+]/C(C#N)=c1\cc/c(=C(/C#N)c2c(F)c(F)c([N+]#[C-])c(F)c2F)c(-c2cccc(C(F)(F)F)c2)c1.[C-]#[N+]/C(C#N)=c1\cc/c(=C(/C#N)c2c(F)c(F)c([N+]#[C-])c(F)c2F)c(-c2ccccc2C(F)(F)F)c1. The smallest absolute Gasteiger partial charge is 0.232 e. The number of halogens is 27. The van der Waals surface area contributed by atoms with E-state index in [2.05, 4.69) is 38.8 Å². The zero-order valence-electron chi connectivity index (χ0n) is 68.3. The summed E-state index contributed by atoms with van der Waals surface area (Å²) in [7, 11) is 0. The lowest BCUT2D eigenvalue weighted by Gasteiger charge is -2.15. The molecule has 12 aromatic rings. The Morgan fingerprint density at radius 2 is 0.496 bits per heavy atom. The van der Waals surface area contributed by atoms with Gasteiger partial charge in [0, 0.05) is 20.9 Å². The Labute approximate surface area is 770 Å². The molecule has 0 saturated heterocycles. The molecular formula is C98H25F27N16. The molecule has 0 atom stereocenters. The van der Waals surface area contributed by atoms with Gasteiger partial charge in [-0.05, 0) is 108 Å². The number of hydrogen-bond acceptors (Lipinski definition) is 8. The summed E-state index contributed by atoms with van der Waals surface area (Å²) < 4.78 is 382. The van der Waals surface area contributed by atoms with Gasteiger partial charge in [0.1, 0.15) is 24.3 Å². The van der Waals surface area contributed by atoms with Crippen LogP contribution in [-0.2, 0) is 12.4 Å². The third kappa shape index (κ3) is 20.3. The van der Waals surface area contributed by atoms with E-state index in [0.717, 1.165) is 115 Å². The minimum Gasteiger partial charge on any atom is -0.232 e. The molecule has 0 spiro atoms. The van der Waals surface area contributed by atoms with Gasteiger partial charge in [0.15, 0.2) is 122 Å². The van der Waals surface area contributed by atoms with Gasteiger partial charge in [0.2, 0.25) is 0 Å². The van der Waals surface area contributed by atoms with Crippen molar-refractivity contribution in [2.45, 2.75) is 12.4 Å². The molecule has 0 amide bonds. The molecule has 0 aliphatic carbocycles. The molecular weight excluding hydrogens is 1910 g/mol. The van der Waals surface area contributed by atoms with Crippen LogP contribution in [0.4, 0.5) is 141 Å². The Bertz CT molecular complexity index is 8640. The van der Waals surface area contributed by atoms with Crippen molar-refractivity contribution in [3.05, 3.63) is 440 Å². The van der Waals surface area contributed by atoms with E-state index in [1.165, 1.54) is 30.3 Å². The van der Waals surface area contributed by atoms with Gasteiger partial charge >= 0.3 is 12.4 Å². The van der Waals surface area contributed by atoms with Crippen molar-refractivity contribution in [1.82, 2.24) is 0 Å². The maximum atomic E-state index is 14.8. The van der Waals surface area contributed by atoms with E-state index >= 15 is 0 Å². The molecule has 141 heavy (non-hydrogen) atoms. The van der Waals surface area contributed by atoms with E-state index in [1.807, 2.05) is 0 Å². The van der Waals surface area contributed by atoms with E-state index in [0.29, 0.717) is 30.3 Å². The third-order valence-electron chi connectivity index (χ3n) is 19.5. The summed E-state index contributed by atoms with van der Waals surface area (Å²) in [6.45, 7) is 55.1. The minimum atomic E-state index is -4.94. The summed E-state index contributed by atoms with van der Waals surface area (Å²) in [5.74, 6) is -40.7. The first-order valence-electron chi connectivity index (χ1n) is 37.0. The van der Waals surface area contributed by atoms with Gasteiger partial charge < -0.3 is 0 Å². The van der Waals surface area contributed by atoms with Gasteiger partial charge in [0.05, 0.1) is 133 Å². The Hall–Kier alpha value is -20.5. The third-order valence-corrected chi connectivity index (χ3v) is 19.5. The van der Waals surface area contributed by atoms with Crippen molar-refractivity contribution in [2.75, 3.05) is 0 Å². The average molecular weight is 1940 g/mol. The summed E-state index contributed by atoms with van der Waals surface area (Å²) in [6, 6.07) is 34.9. The van der Waals surface area contributed by atoms with Gasteiger partial charge in [-0.1, -0.05) is 109 Å². The standard InChI is InChI=1S/2C25H7F7N4.C24H5F7N4.C24H6F6N4/c1-35-18(11-34)13-6-7-15(16(9-13)12-4-3-5-14(8-12)25(30,31)32)17(10-33)19-20(26)22(28)24(36-2)23(29)21(19)27;1-35-18(11-34)12-7-8-13(15(9-12)14-5-3-4-6-17(14)25(30,31)32)16(10-33)19-20(26)22(28)24(36-2)23(29)21(19)27;1-34-17(9-33)10-3-4-12(13(5-10)11-6-15(25)19(27)16(26)7-11)14(8-32)18-20(28)22(30)24(35-2)23(31)21(18)29;1-33-18(10-32)12-3-5-13(14(7-12)11-4-6-16(25)17(26)8-11)15(9-31)19-20(27)22(29)24(34-2)23(30)21(19)28/h2*3-9H;3-7H;3-8H/b17-15+,18-13+;16-13+,18-12+;14-12+,17-10+;15-13+,18-12+. The first kappa shape index (κ1) is 104. The first-order chi connectivity index (χ1) is 66.8. The van der Waals surface area contributed by atoms with Gasteiger partial charge in [-0.15, -0.1) is 0 Å². The highest BCUT2D eigenvalue weighted by molar-refractivity contribution is 5.89. The highest BCUT2D eigenvalue weighted by Crippen LogP contribution is 2.42. The second-order valence-corrected chi connectivity index (χ2v) is 27.1. The predicted octanol–water partition coefficient (Wildman–Crippen LogP) is 21.7. The normalized spacial score (nSPS) is 12.3. The lowest BCUT2D eigenvalue weighted by molar-refractivity contribution is -0.138. The van der Waals surface area contributed by atoms with Crippen LogP contribution in [0.1, 0.15) is 33.4 Å². The predicted molar refractivity (Wildman–Crippen MR) is 439 cm³/mol. The maximum absolute atomic E-state index is 14.8. The van der Waals surface area contributed by atoms with Gasteiger partial charge in [-0.25, -0.2) is 152 Å². The van der Waals surface area contributed by atoms with E-state index in [-0.39, 0.29) is 48.3 Å². The summed E-state index contributed by atoms with van der Waals surface area (Å²) in [5, 5.41) is 72.9. The van der Waals surface area contributed by atoms with Crippen LogP contribution >= 0.6 is 0 Å². The molecule has 12 aromatic carbocycles. The Morgan fingerprint density at radius 3 is 0.759 bits per heavy atom. The van der Waals surface area contributed by atoms with Crippen molar-refractivity contribution in [1.29, 1.82) is 42.1 Å². The highest BCUT2D eigenvalue weighted by atomic mass is 19.4. The molecule has 0 saturated carbocycles. The molecule has 0 aromatic heterocycles. The maximum Gasteiger partial charge on any atom is 0.417 e. The lowest BCUT2D eigenvalue weighted by atomic mass is 9.92. The van der Waals surface area contributed by atoms with E-state index in [4.69, 9.17) is 73.6 Å². The fourth-order valence-electron chi connectivity index (χ4n) is 13.2. The molecule has 0 unspecified atom stereocenters. The number of benzene rings is 12. The summed E-state index contributed by atoms with van der Waals surface area (Å²) in [4.78, 5) is 21.5. The Kier molecular flexibility index (Phi) is 31.8. The zero-order chi connectivity index (χ0) is 105.